The van der Waals surface area contributed by atoms with E-state index in [1.807, 2.05) is 83.4 Å². The van der Waals surface area contributed by atoms with Crippen LogP contribution in [0.4, 0.5) is 5.69 Å². The van der Waals surface area contributed by atoms with Gasteiger partial charge in [0.1, 0.15) is 6.04 Å². The Balaban J connectivity index is 0.000000263. The summed E-state index contributed by atoms with van der Waals surface area (Å²) in [7, 11) is 1.86. The average Bonchev–Trinajstić information content (AvgIpc) is 3.61. The normalized spacial score (nSPS) is 13.7. The zero-order valence-corrected chi connectivity index (χ0v) is 23.6. The van der Waals surface area contributed by atoms with E-state index in [2.05, 4.69) is 10.6 Å². The molecule has 2 aromatic carbocycles. The van der Waals surface area contributed by atoms with Crippen LogP contribution in [0, 0.1) is 0 Å². The molecule has 1 unspecified atom stereocenters. The quantitative estimate of drug-likeness (QED) is 0.360. The smallest absolute Gasteiger partial charge is 0.249 e. The Morgan fingerprint density at radius 1 is 0.950 bits per heavy atom. The highest BCUT2D eigenvalue weighted by Crippen LogP contribution is 2.11. The van der Waals surface area contributed by atoms with Crippen LogP contribution in [0.3, 0.4) is 0 Å². The molecule has 2 heterocycles. The van der Waals surface area contributed by atoms with Crippen molar-refractivity contribution < 1.29 is 19.1 Å². The Morgan fingerprint density at radius 3 is 2.10 bits per heavy atom. The summed E-state index contributed by atoms with van der Waals surface area (Å²) in [6, 6.07) is 20.5. The van der Waals surface area contributed by atoms with E-state index in [1.165, 1.54) is 12.8 Å². The predicted octanol–water partition coefficient (Wildman–Crippen LogP) is 3.25. The minimum absolute atomic E-state index is 0.0371. The maximum Gasteiger partial charge on any atom is 0.249 e. The lowest BCUT2D eigenvalue weighted by molar-refractivity contribution is -0.130. The number of nitrogens with one attached hydrogen (secondary N) is 2. The van der Waals surface area contributed by atoms with Crippen molar-refractivity contribution in [3.05, 3.63) is 90.3 Å². The number of carbonyl (C=O) groups excluding carboxylic acids is 3. The van der Waals surface area contributed by atoms with Gasteiger partial charge in [0.05, 0.1) is 30.9 Å². The molecule has 4 N–H and O–H groups in total. The van der Waals surface area contributed by atoms with Crippen LogP contribution >= 0.6 is 0 Å². The van der Waals surface area contributed by atoms with Crippen molar-refractivity contribution >= 4 is 23.4 Å². The first-order valence-corrected chi connectivity index (χ1v) is 13.6. The fourth-order valence-electron chi connectivity index (χ4n) is 4.05. The second-order valence-electron chi connectivity index (χ2n) is 10.6. The summed E-state index contributed by atoms with van der Waals surface area (Å²) in [5.74, 6) is -0.510. The molecule has 1 aliphatic rings. The number of rotatable bonds is 10. The molecular weight excluding hydrogens is 506 g/mol. The molecule has 3 amide bonds. The van der Waals surface area contributed by atoms with E-state index < -0.39 is 17.5 Å². The van der Waals surface area contributed by atoms with E-state index >= 15 is 0 Å². The molecule has 0 spiro atoms. The number of aromatic nitrogens is 1. The van der Waals surface area contributed by atoms with Crippen molar-refractivity contribution in [1.82, 2.24) is 14.8 Å². The van der Waals surface area contributed by atoms with E-state index in [-0.39, 0.29) is 18.4 Å². The number of benzene rings is 2. The lowest BCUT2D eigenvalue weighted by Crippen LogP contribution is -2.56. The number of amides is 3. The van der Waals surface area contributed by atoms with Gasteiger partial charge >= 0.3 is 0 Å². The summed E-state index contributed by atoms with van der Waals surface area (Å²) in [5, 5.41) is 5.44. The molecule has 1 aliphatic heterocycles. The zero-order chi connectivity index (χ0) is 29.0. The van der Waals surface area contributed by atoms with Crippen molar-refractivity contribution in [1.29, 1.82) is 0 Å². The Hall–Kier alpha value is -3.95. The first kappa shape index (κ1) is 30.6. The lowest BCUT2D eigenvalue weighted by Gasteiger charge is -2.23. The predicted molar refractivity (Wildman–Crippen MR) is 156 cm³/mol. The third kappa shape index (κ3) is 10.3. The maximum absolute atomic E-state index is 12.6. The minimum Gasteiger partial charge on any atom is -0.374 e. The van der Waals surface area contributed by atoms with Crippen LogP contribution in [0.15, 0.2) is 79.1 Å². The van der Waals surface area contributed by atoms with Crippen molar-refractivity contribution in [3.8, 4) is 0 Å². The van der Waals surface area contributed by atoms with Crippen LogP contribution in [0.1, 0.15) is 37.8 Å². The van der Waals surface area contributed by atoms with Gasteiger partial charge in [-0.3, -0.25) is 14.4 Å². The average molecular weight is 548 g/mol. The van der Waals surface area contributed by atoms with Crippen LogP contribution in [-0.2, 0) is 39.2 Å². The summed E-state index contributed by atoms with van der Waals surface area (Å²) >= 11 is 0. The van der Waals surface area contributed by atoms with E-state index in [1.54, 1.807) is 26.1 Å². The van der Waals surface area contributed by atoms with Gasteiger partial charge in [0.25, 0.3) is 0 Å². The Labute approximate surface area is 236 Å². The molecule has 1 fully saturated rings. The number of ether oxygens (including phenoxy) is 1. The van der Waals surface area contributed by atoms with Crippen LogP contribution in [0.5, 0.6) is 0 Å². The molecule has 214 valence electrons. The number of anilines is 1. The molecule has 0 aliphatic carbocycles. The summed E-state index contributed by atoms with van der Waals surface area (Å²) < 4.78 is 7.46. The van der Waals surface area contributed by atoms with E-state index in [0.717, 1.165) is 24.2 Å². The van der Waals surface area contributed by atoms with Gasteiger partial charge < -0.3 is 30.6 Å². The first-order chi connectivity index (χ1) is 19.1. The first-order valence-electron chi connectivity index (χ1n) is 13.6. The maximum atomic E-state index is 12.6. The molecular formula is C31H41N5O4. The van der Waals surface area contributed by atoms with Crippen LogP contribution in [0.25, 0.3) is 0 Å². The second-order valence-corrected chi connectivity index (χ2v) is 10.6. The highest BCUT2D eigenvalue weighted by molar-refractivity contribution is 5.98. The van der Waals surface area contributed by atoms with Crippen molar-refractivity contribution in [2.75, 3.05) is 25.0 Å². The Morgan fingerprint density at radius 2 is 1.55 bits per heavy atom. The van der Waals surface area contributed by atoms with Crippen LogP contribution < -0.4 is 16.4 Å². The van der Waals surface area contributed by atoms with Gasteiger partial charge in [0, 0.05) is 32.5 Å². The molecule has 9 nitrogen and oxygen atoms in total. The largest absolute Gasteiger partial charge is 0.374 e. The molecule has 0 radical (unpaired) electrons. The van der Waals surface area contributed by atoms with E-state index in [9.17, 15) is 14.4 Å². The molecule has 0 bridgehead atoms. The fraction of sp³-hybridized carbons (Fsp3) is 0.387. The number of nitrogens with two attached hydrogens (primary N) is 1. The van der Waals surface area contributed by atoms with Crippen molar-refractivity contribution in [2.45, 2.75) is 51.3 Å². The number of nitrogens with zero attached hydrogens (tertiary/aromatic N) is 2. The van der Waals surface area contributed by atoms with Crippen molar-refractivity contribution in [2.24, 2.45) is 12.8 Å². The Bertz CT molecular complexity index is 1220. The summed E-state index contributed by atoms with van der Waals surface area (Å²) in [5.41, 5.74) is 7.47. The third-order valence-electron chi connectivity index (χ3n) is 6.36. The van der Waals surface area contributed by atoms with Gasteiger partial charge in [0.15, 0.2) is 0 Å². The van der Waals surface area contributed by atoms with E-state index in [0.29, 0.717) is 18.7 Å². The van der Waals surface area contributed by atoms with Gasteiger partial charge in [-0.2, -0.15) is 0 Å². The van der Waals surface area contributed by atoms with Gasteiger partial charge in [-0.1, -0.05) is 60.7 Å². The molecule has 3 aromatic rings. The summed E-state index contributed by atoms with van der Waals surface area (Å²) in [6.07, 6.45) is 6.48. The third-order valence-corrected chi connectivity index (χ3v) is 6.36. The lowest BCUT2D eigenvalue weighted by atomic mass is 10.1. The molecule has 0 saturated carbocycles. The molecule has 40 heavy (non-hydrogen) atoms. The topological polar surface area (TPSA) is 119 Å². The number of likely N-dealkylation sites (tertiary alicyclic amines) is 1. The van der Waals surface area contributed by atoms with Crippen molar-refractivity contribution in [3.63, 3.8) is 0 Å². The minimum atomic E-state index is -1.09. The molecule has 1 aromatic heterocycles. The fourth-order valence-corrected chi connectivity index (χ4v) is 4.05. The highest BCUT2D eigenvalue weighted by atomic mass is 16.5. The number of aryl methyl sites for hydroxylation is 1. The standard InChI is InChI=1S/C19H26N4O3.C12H15NO/c1-19(2,20)18(25)22-16(13-26-12-14-7-5-4-6-8-14)17(24)21-15-9-10-23(3)11-15;14-12(13-8-4-5-9-13)10-11-6-2-1-3-7-11/h4-11,16H,12-13,20H2,1-3H3,(H,21,24)(H,22,25);1-3,6-7H,4-5,8-10H2. The monoisotopic (exact) mass is 547 g/mol. The van der Waals surface area contributed by atoms with E-state index in [4.69, 9.17) is 10.5 Å². The number of carbonyl (C=O) groups is 3. The van der Waals surface area contributed by atoms with Gasteiger partial charge in [-0.25, -0.2) is 0 Å². The SMILES string of the molecule is Cn1ccc(NC(=O)C(COCc2ccccc2)NC(=O)C(C)(C)N)c1.O=C(Cc1ccccc1)N1CCCC1. The molecule has 1 saturated heterocycles. The number of hydrogen-bond donors (Lipinski definition) is 3. The Kier molecular flexibility index (Phi) is 11.5. The molecule has 4 rings (SSSR count). The summed E-state index contributed by atoms with van der Waals surface area (Å²) in [4.78, 5) is 38.5. The second kappa shape index (κ2) is 15.0. The zero-order valence-electron chi connectivity index (χ0n) is 23.6. The number of hydrogen-bond acceptors (Lipinski definition) is 5. The van der Waals surface area contributed by atoms with Gasteiger partial charge in [-0.05, 0) is 43.9 Å². The van der Waals surface area contributed by atoms with Crippen LogP contribution in [-0.4, -0.2) is 58.5 Å². The summed E-state index contributed by atoms with van der Waals surface area (Å²) in [6.45, 7) is 5.45. The van der Waals surface area contributed by atoms with Crippen LogP contribution in [0.2, 0.25) is 0 Å². The van der Waals surface area contributed by atoms with Gasteiger partial charge in [-0.15, -0.1) is 0 Å². The van der Waals surface area contributed by atoms with Gasteiger partial charge in [0.2, 0.25) is 17.7 Å². The highest BCUT2D eigenvalue weighted by Gasteiger charge is 2.28. The molecule has 1 atom stereocenters. The molecule has 9 heteroatoms.